The average molecular weight is 346 g/mol. The van der Waals surface area contributed by atoms with Gasteiger partial charge in [0, 0.05) is 18.8 Å². The fourth-order valence-electron chi connectivity index (χ4n) is 2.66. The van der Waals surface area contributed by atoms with Crippen molar-refractivity contribution >= 4 is 17.2 Å². The number of esters is 1. The maximum Gasteiger partial charge on any atom is 0.338 e. The van der Waals surface area contributed by atoms with Crippen LogP contribution in [0.2, 0.25) is 0 Å². The first kappa shape index (κ1) is 21.3. The molecule has 1 rings (SSSR count). The monoisotopic (exact) mass is 345 g/mol. The molecule has 0 spiro atoms. The Hall–Kier alpha value is -1.77. The van der Waals surface area contributed by atoms with Crippen molar-refractivity contribution in [1.82, 2.24) is 0 Å². The quantitative estimate of drug-likeness (QED) is 0.416. The zero-order valence-corrected chi connectivity index (χ0v) is 16.9. The van der Waals surface area contributed by atoms with Gasteiger partial charge in [0.1, 0.15) is 5.60 Å². The molecule has 0 aliphatic rings. The van der Waals surface area contributed by atoms with Crippen molar-refractivity contribution in [2.24, 2.45) is 0 Å². The van der Waals surface area contributed by atoms with E-state index in [1.165, 1.54) is 31.4 Å². The van der Waals surface area contributed by atoms with E-state index in [-0.39, 0.29) is 5.97 Å². The largest absolute Gasteiger partial charge is 0.456 e. The fraction of sp³-hybridized carbons (Fsp3) is 0.591. The van der Waals surface area contributed by atoms with Gasteiger partial charge in [0.25, 0.3) is 0 Å². The summed E-state index contributed by atoms with van der Waals surface area (Å²) in [7, 11) is 0. The number of carbonyl (C=O) groups excluding carboxylic acids is 1. The smallest absolute Gasteiger partial charge is 0.338 e. The molecular weight excluding hydrogens is 310 g/mol. The summed E-state index contributed by atoms with van der Waals surface area (Å²) in [6.45, 7) is 14.2. The molecule has 3 heteroatoms. The number of allylic oxidation sites excluding steroid dienone is 1. The molecule has 0 aromatic heterocycles. The van der Waals surface area contributed by atoms with E-state index in [0.29, 0.717) is 5.57 Å². The molecule has 0 bridgehead atoms. The van der Waals surface area contributed by atoms with Gasteiger partial charge in [0.15, 0.2) is 0 Å². The highest BCUT2D eigenvalue weighted by atomic mass is 16.6. The summed E-state index contributed by atoms with van der Waals surface area (Å²) >= 11 is 0. The SMILES string of the molecule is CC=C(C(=O)OC(C)(C)C)c1ccc(N(CCCC)CCCC)cc1. The van der Waals surface area contributed by atoms with E-state index in [1.54, 1.807) is 0 Å². The third-order valence-corrected chi connectivity index (χ3v) is 4.01. The molecule has 0 unspecified atom stereocenters. The van der Waals surface area contributed by atoms with E-state index in [0.717, 1.165) is 18.7 Å². The minimum atomic E-state index is -0.484. The Balaban J connectivity index is 2.92. The van der Waals surface area contributed by atoms with Crippen LogP contribution in [0.3, 0.4) is 0 Å². The van der Waals surface area contributed by atoms with Gasteiger partial charge in [-0.2, -0.15) is 0 Å². The molecule has 0 N–H and O–H groups in total. The summed E-state index contributed by atoms with van der Waals surface area (Å²) in [5, 5.41) is 0. The van der Waals surface area contributed by atoms with Crippen molar-refractivity contribution in [3.05, 3.63) is 35.9 Å². The standard InChI is InChI=1S/C22H35NO2/c1-7-10-16-23(17-11-8-2)19-14-12-18(13-15-19)20(9-3)21(24)25-22(4,5)6/h9,12-15H,7-8,10-11,16-17H2,1-6H3. The second-order valence-corrected chi connectivity index (χ2v) is 7.45. The lowest BCUT2D eigenvalue weighted by Crippen LogP contribution is -2.25. The molecule has 0 aliphatic carbocycles. The van der Waals surface area contributed by atoms with Crippen molar-refractivity contribution in [1.29, 1.82) is 0 Å². The molecule has 0 saturated carbocycles. The number of rotatable bonds is 9. The zero-order valence-electron chi connectivity index (χ0n) is 16.9. The predicted molar refractivity (Wildman–Crippen MR) is 108 cm³/mol. The second kappa shape index (κ2) is 10.3. The van der Waals surface area contributed by atoms with Gasteiger partial charge in [-0.3, -0.25) is 0 Å². The molecule has 0 aliphatic heterocycles. The van der Waals surface area contributed by atoms with E-state index >= 15 is 0 Å². The van der Waals surface area contributed by atoms with Crippen LogP contribution in [0.25, 0.3) is 5.57 Å². The molecule has 0 radical (unpaired) electrons. The maximum atomic E-state index is 12.4. The maximum absolute atomic E-state index is 12.4. The molecule has 3 nitrogen and oxygen atoms in total. The van der Waals surface area contributed by atoms with Crippen LogP contribution in [0.1, 0.15) is 72.8 Å². The summed E-state index contributed by atoms with van der Waals surface area (Å²) in [5.41, 5.74) is 2.27. The highest BCUT2D eigenvalue weighted by Crippen LogP contribution is 2.23. The molecule has 0 atom stereocenters. The van der Waals surface area contributed by atoms with Gasteiger partial charge in [-0.1, -0.05) is 44.9 Å². The average Bonchev–Trinajstić information content (AvgIpc) is 2.55. The molecule has 0 saturated heterocycles. The number of hydrogen-bond donors (Lipinski definition) is 0. The number of carbonyl (C=O) groups is 1. The van der Waals surface area contributed by atoms with Crippen molar-refractivity contribution < 1.29 is 9.53 Å². The van der Waals surface area contributed by atoms with Gasteiger partial charge < -0.3 is 9.64 Å². The van der Waals surface area contributed by atoms with Crippen LogP contribution in [0.15, 0.2) is 30.3 Å². The van der Waals surface area contributed by atoms with E-state index in [2.05, 4.69) is 30.9 Å². The number of anilines is 1. The minimum Gasteiger partial charge on any atom is -0.456 e. The highest BCUT2D eigenvalue weighted by molar-refractivity contribution is 6.16. The molecule has 25 heavy (non-hydrogen) atoms. The van der Waals surface area contributed by atoms with Crippen LogP contribution < -0.4 is 4.90 Å². The Bertz CT molecular complexity index is 544. The zero-order chi connectivity index (χ0) is 18.9. The molecule has 0 fully saturated rings. The summed E-state index contributed by atoms with van der Waals surface area (Å²) in [6, 6.07) is 8.29. The first-order valence-corrected chi connectivity index (χ1v) is 9.57. The van der Waals surface area contributed by atoms with Gasteiger partial charge in [-0.25, -0.2) is 4.79 Å². The topological polar surface area (TPSA) is 29.5 Å². The summed E-state index contributed by atoms with van der Waals surface area (Å²) in [4.78, 5) is 14.8. The summed E-state index contributed by atoms with van der Waals surface area (Å²) in [6.07, 6.45) is 6.62. The van der Waals surface area contributed by atoms with Crippen molar-refractivity contribution in [2.45, 2.75) is 72.8 Å². The first-order chi connectivity index (χ1) is 11.8. The first-order valence-electron chi connectivity index (χ1n) is 9.57. The number of benzene rings is 1. The van der Waals surface area contributed by atoms with Crippen LogP contribution in [-0.4, -0.2) is 24.7 Å². The Morgan fingerprint density at radius 3 is 1.96 bits per heavy atom. The van der Waals surface area contributed by atoms with Crippen LogP contribution >= 0.6 is 0 Å². The van der Waals surface area contributed by atoms with Crippen molar-refractivity contribution in [2.75, 3.05) is 18.0 Å². The summed E-state index contributed by atoms with van der Waals surface area (Å²) < 4.78 is 5.51. The number of unbranched alkanes of at least 4 members (excludes halogenated alkanes) is 2. The molecule has 1 aromatic rings. The van der Waals surface area contributed by atoms with E-state index < -0.39 is 5.60 Å². The Morgan fingerprint density at radius 1 is 1.04 bits per heavy atom. The van der Waals surface area contributed by atoms with Gasteiger partial charge in [0.2, 0.25) is 0 Å². The minimum absolute atomic E-state index is 0.267. The molecular formula is C22H35NO2. The highest BCUT2D eigenvalue weighted by Gasteiger charge is 2.20. The van der Waals surface area contributed by atoms with E-state index in [4.69, 9.17) is 4.74 Å². The Labute approximate surface area is 154 Å². The Morgan fingerprint density at radius 2 is 1.56 bits per heavy atom. The van der Waals surface area contributed by atoms with Crippen molar-refractivity contribution in [3.63, 3.8) is 0 Å². The van der Waals surface area contributed by atoms with Crippen LogP contribution in [0.5, 0.6) is 0 Å². The van der Waals surface area contributed by atoms with Crippen molar-refractivity contribution in [3.8, 4) is 0 Å². The third-order valence-electron chi connectivity index (χ3n) is 4.01. The molecule has 0 amide bonds. The fourth-order valence-corrected chi connectivity index (χ4v) is 2.66. The molecule has 140 valence electrons. The van der Waals surface area contributed by atoms with Gasteiger partial charge in [0.05, 0.1) is 5.57 Å². The van der Waals surface area contributed by atoms with E-state index in [9.17, 15) is 4.79 Å². The second-order valence-electron chi connectivity index (χ2n) is 7.45. The van der Waals surface area contributed by atoms with Gasteiger partial charge >= 0.3 is 5.97 Å². The Kier molecular flexibility index (Phi) is 8.74. The predicted octanol–water partition coefficient (Wildman–Crippen LogP) is 5.84. The number of hydrogen-bond acceptors (Lipinski definition) is 3. The normalized spacial score (nSPS) is 12.2. The lowest BCUT2D eigenvalue weighted by molar-refractivity contribution is -0.147. The van der Waals surface area contributed by atoms with Crippen LogP contribution in [0, 0.1) is 0 Å². The lowest BCUT2D eigenvalue weighted by atomic mass is 10.0. The third kappa shape index (κ3) is 7.33. The summed E-state index contributed by atoms with van der Waals surface area (Å²) in [5.74, 6) is -0.267. The number of nitrogens with zero attached hydrogens (tertiary/aromatic N) is 1. The van der Waals surface area contributed by atoms with Gasteiger partial charge in [-0.05, 0) is 58.2 Å². The number of ether oxygens (including phenoxy) is 1. The van der Waals surface area contributed by atoms with E-state index in [1.807, 2.05) is 45.9 Å². The van der Waals surface area contributed by atoms with Crippen LogP contribution in [-0.2, 0) is 9.53 Å². The molecule has 0 heterocycles. The lowest BCUT2D eigenvalue weighted by Gasteiger charge is -2.25. The van der Waals surface area contributed by atoms with Gasteiger partial charge in [-0.15, -0.1) is 0 Å². The van der Waals surface area contributed by atoms with Crippen LogP contribution in [0.4, 0.5) is 5.69 Å². The molecule has 1 aromatic carbocycles.